The van der Waals surface area contributed by atoms with Crippen LogP contribution in [0.4, 0.5) is 0 Å². The summed E-state index contributed by atoms with van der Waals surface area (Å²) in [4.78, 5) is 19.7. The number of aromatic nitrogens is 2. The second-order valence-electron chi connectivity index (χ2n) is 3.29. The van der Waals surface area contributed by atoms with E-state index in [9.17, 15) is 4.79 Å². The Bertz CT molecular complexity index is 516. The maximum absolute atomic E-state index is 11.8. The molecule has 0 amide bonds. The molecule has 0 saturated heterocycles. The van der Waals surface area contributed by atoms with Crippen LogP contribution in [-0.4, -0.2) is 15.9 Å². The van der Waals surface area contributed by atoms with Crippen molar-refractivity contribution in [1.29, 1.82) is 0 Å². The number of thiazole rings is 1. The first-order valence-corrected chi connectivity index (χ1v) is 6.14. The average Bonchev–Trinajstić information content (AvgIpc) is 2.82. The lowest BCUT2D eigenvalue weighted by Gasteiger charge is -2.10. The van der Waals surface area contributed by atoms with E-state index in [0.29, 0.717) is 5.56 Å². The Kier molecular flexibility index (Phi) is 3.71. The number of halogens is 1. The smallest absolute Gasteiger partial charge is 0.338 e. The Hall–Kier alpha value is -1.46. The number of carbonyl (C=O) groups excluding carboxylic acids is 1. The summed E-state index contributed by atoms with van der Waals surface area (Å²) in [6.45, 7) is 1.78. The van der Waals surface area contributed by atoms with Crippen molar-refractivity contribution in [1.82, 2.24) is 9.97 Å². The number of nitrogens with zero attached hydrogens (tertiary/aromatic N) is 2. The minimum absolute atomic E-state index is 0.265. The predicted octanol–water partition coefficient (Wildman–Crippen LogP) is 3.11. The third kappa shape index (κ3) is 3.01. The molecule has 17 heavy (non-hydrogen) atoms. The van der Waals surface area contributed by atoms with Crippen molar-refractivity contribution in [3.8, 4) is 0 Å². The van der Waals surface area contributed by atoms with E-state index in [0.717, 1.165) is 5.01 Å². The van der Waals surface area contributed by atoms with Crippen LogP contribution in [0.5, 0.6) is 0 Å². The number of ether oxygens (including phenoxy) is 1. The molecule has 0 aromatic carbocycles. The molecule has 0 aliphatic rings. The van der Waals surface area contributed by atoms with Gasteiger partial charge < -0.3 is 4.74 Å². The van der Waals surface area contributed by atoms with Gasteiger partial charge in [0, 0.05) is 17.8 Å². The van der Waals surface area contributed by atoms with Crippen LogP contribution in [0.1, 0.15) is 28.4 Å². The Morgan fingerprint density at radius 1 is 1.47 bits per heavy atom. The predicted molar refractivity (Wildman–Crippen MR) is 65.2 cm³/mol. The van der Waals surface area contributed by atoms with Gasteiger partial charge in [0.05, 0.1) is 5.56 Å². The van der Waals surface area contributed by atoms with Gasteiger partial charge in [0.1, 0.15) is 10.2 Å². The average molecular weight is 269 g/mol. The molecule has 4 nitrogen and oxygen atoms in total. The molecule has 2 aromatic rings. The van der Waals surface area contributed by atoms with Crippen LogP contribution in [0.15, 0.2) is 29.9 Å². The summed E-state index contributed by atoms with van der Waals surface area (Å²) >= 11 is 7.14. The molecule has 2 rings (SSSR count). The topological polar surface area (TPSA) is 52.1 Å². The standard InChI is InChI=1S/C11H9ClN2O2S/c1-7(10-14-4-5-17-10)16-11(15)8-2-3-13-9(12)6-8/h2-7H,1H3. The first-order valence-electron chi connectivity index (χ1n) is 4.89. The highest BCUT2D eigenvalue weighted by atomic mass is 35.5. The quantitative estimate of drug-likeness (QED) is 0.634. The van der Waals surface area contributed by atoms with Crippen molar-refractivity contribution in [3.63, 3.8) is 0 Å². The highest BCUT2D eigenvalue weighted by Gasteiger charge is 2.15. The molecule has 2 heterocycles. The van der Waals surface area contributed by atoms with E-state index >= 15 is 0 Å². The third-order valence-corrected chi connectivity index (χ3v) is 3.19. The lowest BCUT2D eigenvalue weighted by Crippen LogP contribution is -2.09. The van der Waals surface area contributed by atoms with Crippen LogP contribution in [0.2, 0.25) is 5.15 Å². The Morgan fingerprint density at radius 2 is 2.29 bits per heavy atom. The number of esters is 1. The van der Waals surface area contributed by atoms with Gasteiger partial charge in [-0.25, -0.2) is 14.8 Å². The molecule has 0 aliphatic carbocycles. The van der Waals surface area contributed by atoms with Gasteiger partial charge in [-0.1, -0.05) is 11.6 Å². The maximum Gasteiger partial charge on any atom is 0.338 e. The van der Waals surface area contributed by atoms with E-state index in [-0.39, 0.29) is 11.3 Å². The molecule has 0 spiro atoms. The Morgan fingerprint density at radius 3 is 2.94 bits per heavy atom. The summed E-state index contributed by atoms with van der Waals surface area (Å²) in [5.41, 5.74) is 0.383. The zero-order chi connectivity index (χ0) is 12.3. The molecule has 1 atom stereocenters. The van der Waals surface area contributed by atoms with E-state index in [1.807, 2.05) is 5.38 Å². The molecular weight excluding hydrogens is 260 g/mol. The van der Waals surface area contributed by atoms with Gasteiger partial charge in [-0.2, -0.15) is 0 Å². The summed E-state index contributed by atoms with van der Waals surface area (Å²) in [7, 11) is 0. The number of rotatable bonds is 3. The maximum atomic E-state index is 11.8. The van der Waals surface area contributed by atoms with Gasteiger partial charge in [-0.15, -0.1) is 11.3 Å². The summed E-state index contributed by atoms with van der Waals surface area (Å²) in [6.07, 6.45) is 2.77. The minimum Gasteiger partial charge on any atom is -0.452 e. The van der Waals surface area contributed by atoms with Crippen LogP contribution < -0.4 is 0 Å². The molecule has 88 valence electrons. The molecule has 1 unspecified atom stereocenters. The molecule has 0 N–H and O–H groups in total. The zero-order valence-electron chi connectivity index (χ0n) is 8.96. The van der Waals surface area contributed by atoms with Crippen molar-refractivity contribution in [2.45, 2.75) is 13.0 Å². The summed E-state index contributed by atoms with van der Waals surface area (Å²) < 4.78 is 5.26. The molecule has 0 radical (unpaired) electrons. The normalized spacial score (nSPS) is 12.1. The minimum atomic E-state index is -0.433. The van der Waals surface area contributed by atoms with Crippen LogP contribution in [0.25, 0.3) is 0 Å². The van der Waals surface area contributed by atoms with E-state index in [2.05, 4.69) is 9.97 Å². The third-order valence-electron chi connectivity index (χ3n) is 2.05. The molecule has 0 saturated carbocycles. The Balaban J connectivity index is 2.07. The molecule has 6 heteroatoms. The molecular formula is C11H9ClN2O2S. The van der Waals surface area contributed by atoms with Crippen molar-refractivity contribution >= 4 is 28.9 Å². The van der Waals surface area contributed by atoms with Crippen molar-refractivity contribution in [2.75, 3.05) is 0 Å². The molecule has 0 aliphatic heterocycles. The van der Waals surface area contributed by atoms with Crippen LogP contribution in [-0.2, 0) is 4.74 Å². The fraction of sp³-hybridized carbons (Fsp3) is 0.182. The lowest BCUT2D eigenvalue weighted by atomic mass is 10.3. The fourth-order valence-electron chi connectivity index (χ4n) is 1.24. The van der Waals surface area contributed by atoms with Crippen molar-refractivity contribution in [3.05, 3.63) is 45.6 Å². The summed E-state index contributed by atoms with van der Waals surface area (Å²) in [5.74, 6) is -0.433. The summed E-state index contributed by atoms with van der Waals surface area (Å²) in [5, 5.41) is 2.86. The summed E-state index contributed by atoms with van der Waals surface area (Å²) in [6, 6.07) is 3.03. The van der Waals surface area contributed by atoms with E-state index in [4.69, 9.17) is 16.3 Å². The number of carbonyl (C=O) groups is 1. The van der Waals surface area contributed by atoms with Crippen LogP contribution in [0, 0.1) is 0 Å². The van der Waals surface area contributed by atoms with Gasteiger partial charge in [0.15, 0.2) is 6.10 Å². The van der Waals surface area contributed by atoms with Gasteiger partial charge >= 0.3 is 5.97 Å². The van der Waals surface area contributed by atoms with E-state index in [1.54, 1.807) is 19.2 Å². The van der Waals surface area contributed by atoms with Gasteiger partial charge in [0.25, 0.3) is 0 Å². The fourth-order valence-corrected chi connectivity index (χ4v) is 2.04. The lowest BCUT2D eigenvalue weighted by molar-refractivity contribution is 0.0337. The monoisotopic (exact) mass is 268 g/mol. The van der Waals surface area contributed by atoms with Crippen LogP contribution in [0.3, 0.4) is 0 Å². The highest BCUT2D eigenvalue weighted by molar-refractivity contribution is 7.09. The second-order valence-corrected chi connectivity index (χ2v) is 4.60. The number of pyridine rings is 1. The second kappa shape index (κ2) is 5.25. The number of hydrogen-bond acceptors (Lipinski definition) is 5. The highest BCUT2D eigenvalue weighted by Crippen LogP contribution is 2.20. The van der Waals surface area contributed by atoms with Crippen molar-refractivity contribution in [2.24, 2.45) is 0 Å². The molecule has 0 fully saturated rings. The zero-order valence-corrected chi connectivity index (χ0v) is 10.5. The van der Waals surface area contributed by atoms with Gasteiger partial charge in [-0.05, 0) is 19.1 Å². The first kappa shape index (κ1) is 12.0. The van der Waals surface area contributed by atoms with Gasteiger partial charge in [0.2, 0.25) is 0 Å². The molecule has 0 bridgehead atoms. The SMILES string of the molecule is CC(OC(=O)c1ccnc(Cl)c1)c1nccs1. The largest absolute Gasteiger partial charge is 0.452 e. The number of hydrogen-bond donors (Lipinski definition) is 0. The van der Waals surface area contributed by atoms with Gasteiger partial charge in [-0.3, -0.25) is 0 Å². The van der Waals surface area contributed by atoms with Crippen LogP contribution >= 0.6 is 22.9 Å². The van der Waals surface area contributed by atoms with E-state index in [1.165, 1.54) is 23.6 Å². The first-order chi connectivity index (χ1) is 8.16. The van der Waals surface area contributed by atoms with Crippen molar-refractivity contribution < 1.29 is 9.53 Å². The molecule has 2 aromatic heterocycles. The van der Waals surface area contributed by atoms with E-state index < -0.39 is 5.97 Å². The Labute approximate surface area is 107 Å².